The molecule has 10 heteroatoms. The van der Waals surface area contributed by atoms with Crippen LogP contribution in [0, 0.1) is 13.8 Å². The maximum Gasteiger partial charge on any atom is 0.234 e. The van der Waals surface area contributed by atoms with E-state index >= 15 is 0 Å². The van der Waals surface area contributed by atoms with E-state index in [2.05, 4.69) is 34.7 Å². The van der Waals surface area contributed by atoms with Crippen molar-refractivity contribution >= 4 is 69.5 Å². The number of thioether (sulfide) groups is 1. The predicted octanol–water partition coefficient (Wildman–Crippen LogP) is 5.85. The minimum Gasteiger partial charge on any atom is -0.324 e. The number of aromatic nitrogens is 3. The average molecular weight is 462 g/mol. The summed E-state index contributed by atoms with van der Waals surface area (Å²) in [6, 6.07) is 3.02. The third kappa shape index (κ3) is 4.43. The second-order valence-electron chi connectivity index (χ2n) is 5.78. The fourth-order valence-electron chi connectivity index (χ4n) is 2.34. The lowest BCUT2D eigenvalue weighted by molar-refractivity contribution is -0.113. The molecule has 0 atom stereocenters. The van der Waals surface area contributed by atoms with Gasteiger partial charge in [0.25, 0.3) is 0 Å². The van der Waals surface area contributed by atoms with Crippen molar-refractivity contribution in [1.82, 2.24) is 14.8 Å². The SMILES string of the molecule is Cc1scc(-c2nnc(SCC(=O)Nc3cc(Cl)c(Cl)cc3Cl)n2C)c1C. The standard InChI is InChI=1S/C17H15Cl3N4OS2/c1-8-9(2)26-6-10(8)16-22-23-17(24(16)3)27-7-15(25)21-14-5-12(19)11(18)4-13(14)20/h4-6H,7H2,1-3H3,(H,21,25). The Labute approximate surface area is 180 Å². The van der Waals surface area contributed by atoms with Gasteiger partial charge in [-0.05, 0) is 31.5 Å². The third-order valence-electron chi connectivity index (χ3n) is 3.98. The van der Waals surface area contributed by atoms with E-state index in [4.69, 9.17) is 34.8 Å². The molecule has 0 aliphatic heterocycles. The lowest BCUT2D eigenvalue weighted by Gasteiger charge is -2.08. The van der Waals surface area contributed by atoms with E-state index in [0.717, 1.165) is 11.4 Å². The topological polar surface area (TPSA) is 59.8 Å². The lowest BCUT2D eigenvalue weighted by atomic mass is 10.2. The van der Waals surface area contributed by atoms with Gasteiger partial charge in [-0.15, -0.1) is 21.5 Å². The zero-order valence-corrected chi connectivity index (χ0v) is 18.5. The fourth-order valence-corrected chi connectivity index (χ4v) is 4.51. The molecule has 3 rings (SSSR count). The molecule has 0 aliphatic rings. The molecule has 1 amide bonds. The molecule has 0 aliphatic carbocycles. The van der Waals surface area contributed by atoms with Crippen molar-refractivity contribution in [2.45, 2.75) is 19.0 Å². The van der Waals surface area contributed by atoms with Crippen molar-refractivity contribution < 1.29 is 4.79 Å². The quantitative estimate of drug-likeness (QED) is 0.382. The number of nitrogens with zero attached hydrogens (tertiary/aromatic N) is 3. The van der Waals surface area contributed by atoms with E-state index in [1.165, 1.54) is 34.3 Å². The number of benzene rings is 1. The van der Waals surface area contributed by atoms with Crippen molar-refractivity contribution in [3.8, 4) is 11.4 Å². The van der Waals surface area contributed by atoms with E-state index in [9.17, 15) is 4.79 Å². The minimum atomic E-state index is -0.229. The Hall–Kier alpha value is -1.25. The van der Waals surface area contributed by atoms with Crippen molar-refractivity contribution in [2.24, 2.45) is 7.05 Å². The smallest absolute Gasteiger partial charge is 0.234 e. The van der Waals surface area contributed by atoms with Gasteiger partial charge < -0.3 is 9.88 Å². The summed E-state index contributed by atoms with van der Waals surface area (Å²) >= 11 is 20.9. The molecule has 5 nitrogen and oxygen atoms in total. The lowest BCUT2D eigenvalue weighted by Crippen LogP contribution is -2.14. The maximum absolute atomic E-state index is 12.3. The first-order chi connectivity index (χ1) is 12.8. The molecule has 142 valence electrons. The average Bonchev–Trinajstić information content (AvgIpc) is 3.13. The Balaban J connectivity index is 1.68. The number of halogens is 3. The summed E-state index contributed by atoms with van der Waals surface area (Å²) in [5.74, 6) is 0.712. The van der Waals surface area contributed by atoms with Gasteiger partial charge >= 0.3 is 0 Å². The number of carbonyl (C=O) groups is 1. The van der Waals surface area contributed by atoms with Crippen LogP contribution in [0.2, 0.25) is 15.1 Å². The summed E-state index contributed by atoms with van der Waals surface area (Å²) in [4.78, 5) is 13.5. The molecule has 0 spiro atoms. The van der Waals surface area contributed by atoms with Crippen LogP contribution in [0.4, 0.5) is 5.69 Å². The molecule has 2 heterocycles. The van der Waals surface area contributed by atoms with Gasteiger partial charge in [-0.25, -0.2) is 0 Å². The Kier molecular flexibility index (Phi) is 6.38. The summed E-state index contributed by atoms with van der Waals surface area (Å²) < 4.78 is 1.89. The van der Waals surface area contributed by atoms with Gasteiger partial charge in [-0.2, -0.15) is 0 Å². The van der Waals surface area contributed by atoms with Gasteiger partial charge in [-0.3, -0.25) is 4.79 Å². The van der Waals surface area contributed by atoms with Crippen LogP contribution >= 0.6 is 57.9 Å². The van der Waals surface area contributed by atoms with Gasteiger partial charge in [0.2, 0.25) is 5.91 Å². The minimum absolute atomic E-state index is 0.157. The monoisotopic (exact) mass is 460 g/mol. The largest absolute Gasteiger partial charge is 0.324 e. The number of thiophene rings is 1. The molecule has 0 bridgehead atoms. The summed E-state index contributed by atoms with van der Waals surface area (Å²) in [5, 5.41) is 14.9. The first kappa shape index (κ1) is 20.5. The zero-order chi connectivity index (χ0) is 19.7. The van der Waals surface area contributed by atoms with Gasteiger partial charge in [0.1, 0.15) is 0 Å². The summed E-state index contributed by atoms with van der Waals surface area (Å²) in [7, 11) is 1.89. The van der Waals surface area contributed by atoms with Crippen LogP contribution in [-0.4, -0.2) is 26.4 Å². The molecular weight excluding hydrogens is 447 g/mol. The molecule has 3 aromatic rings. The van der Waals surface area contributed by atoms with Crippen molar-refractivity contribution in [3.05, 3.63) is 43.0 Å². The second kappa shape index (κ2) is 8.41. The Bertz CT molecular complexity index is 1020. The van der Waals surface area contributed by atoms with Crippen LogP contribution in [0.1, 0.15) is 10.4 Å². The van der Waals surface area contributed by atoms with Crippen LogP contribution in [0.3, 0.4) is 0 Å². The maximum atomic E-state index is 12.3. The highest BCUT2D eigenvalue weighted by Crippen LogP contribution is 2.33. The molecule has 27 heavy (non-hydrogen) atoms. The summed E-state index contributed by atoms with van der Waals surface area (Å²) in [6.45, 7) is 4.14. The Morgan fingerprint density at radius 2 is 1.89 bits per heavy atom. The number of hydrogen-bond donors (Lipinski definition) is 1. The molecule has 0 unspecified atom stereocenters. The van der Waals surface area contributed by atoms with E-state index in [1.54, 1.807) is 11.3 Å². The molecule has 2 aromatic heterocycles. The highest BCUT2D eigenvalue weighted by atomic mass is 35.5. The first-order valence-corrected chi connectivity index (χ1v) is 10.8. The van der Waals surface area contributed by atoms with Gasteiger partial charge in [0, 0.05) is 22.9 Å². The molecule has 0 saturated carbocycles. The number of anilines is 1. The van der Waals surface area contributed by atoms with Crippen molar-refractivity contribution in [2.75, 3.05) is 11.1 Å². The van der Waals surface area contributed by atoms with Crippen LogP contribution in [-0.2, 0) is 11.8 Å². The highest BCUT2D eigenvalue weighted by Gasteiger charge is 2.17. The zero-order valence-electron chi connectivity index (χ0n) is 14.6. The van der Waals surface area contributed by atoms with Crippen molar-refractivity contribution in [3.63, 3.8) is 0 Å². The van der Waals surface area contributed by atoms with Crippen LogP contribution in [0.25, 0.3) is 11.4 Å². The Morgan fingerprint density at radius 1 is 1.19 bits per heavy atom. The van der Waals surface area contributed by atoms with Gasteiger partial charge in [0.15, 0.2) is 11.0 Å². The van der Waals surface area contributed by atoms with Crippen LogP contribution < -0.4 is 5.32 Å². The van der Waals surface area contributed by atoms with Gasteiger partial charge in [-0.1, -0.05) is 46.6 Å². The van der Waals surface area contributed by atoms with E-state index in [0.29, 0.717) is 25.9 Å². The number of aryl methyl sites for hydroxylation is 1. The molecule has 0 saturated heterocycles. The van der Waals surface area contributed by atoms with Crippen molar-refractivity contribution in [1.29, 1.82) is 0 Å². The highest BCUT2D eigenvalue weighted by molar-refractivity contribution is 7.99. The summed E-state index contributed by atoms with van der Waals surface area (Å²) in [6.07, 6.45) is 0. The molecule has 0 radical (unpaired) electrons. The first-order valence-electron chi connectivity index (χ1n) is 7.79. The predicted molar refractivity (Wildman–Crippen MR) is 115 cm³/mol. The van der Waals surface area contributed by atoms with E-state index in [-0.39, 0.29) is 11.7 Å². The summed E-state index contributed by atoms with van der Waals surface area (Å²) in [5.41, 5.74) is 2.67. The van der Waals surface area contributed by atoms with E-state index in [1.807, 2.05) is 11.6 Å². The normalized spacial score (nSPS) is 11.0. The number of hydrogen-bond acceptors (Lipinski definition) is 5. The number of rotatable bonds is 5. The van der Waals surface area contributed by atoms with Crippen LogP contribution in [0.5, 0.6) is 0 Å². The molecule has 1 aromatic carbocycles. The Morgan fingerprint density at radius 3 is 2.56 bits per heavy atom. The van der Waals surface area contributed by atoms with E-state index < -0.39 is 0 Å². The number of carbonyl (C=O) groups excluding carboxylic acids is 1. The van der Waals surface area contributed by atoms with Gasteiger partial charge in [0.05, 0.1) is 26.5 Å². The third-order valence-corrected chi connectivity index (χ3v) is 7.05. The molecule has 0 fully saturated rings. The number of amides is 1. The molecule has 1 N–H and O–H groups in total. The van der Waals surface area contributed by atoms with Crippen LogP contribution in [0.15, 0.2) is 22.7 Å². The number of nitrogens with one attached hydrogen (secondary N) is 1. The fraction of sp³-hybridized carbons (Fsp3) is 0.235. The molecular formula is C17H15Cl3N4OS2. The second-order valence-corrected chi connectivity index (χ2v) is 9.03.